The zero-order chi connectivity index (χ0) is 22.9. The van der Waals surface area contributed by atoms with Crippen LogP contribution in [-0.4, -0.2) is 20.1 Å². The van der Waals surface area contributed by atoms with E-state index in [2.05, 4.69) is 17.0 Å². The number of rotatable bonds is 3. The number of methoxy groups -OCH3 is 1. The highest BCUT2D eigenvalue weighted by atomic mass is 35.5. The average molecular weight is 455 g/mol. The normalized spacial score (nSPS) is 12.6. The van der Waals surface area contributed by atoms with Gasteiger partial charge < -0.3 is 14.5 Å². The van der Waals surface area contributed by atoms with Crippen molar-refractivity contribution in [2.45, 2.75) is 6.54 Å². The second-order valence-electron chi connectivity index (χ2n) is 7.99. The fourth-order valence-corrected chi connectivity index (χ4v) is 4.59. The van der Waals surface area contributed by atoms with Gasteiger partial charge in [-0.1, -0.05) is 60.1 Å². The Morgan fingerprint density at radius 3 is 2.27 bits per heavy atom. The third kappa shape index (κ3) is 3.83. The van der Waals surface area contributed by atoms with Crippen LogP contribution in [0.2, 0.25) is 5.02 Å². The quantitative estimate of drug-likeness (QED) is 0.336. The summed E-state index contributed by atoms with van der Waals surface area (Å²) >= 11 is 6.67. The molecule has 5 heteroatoms. The number of nitrogens with zero attached hydrogens (tertiary/aromatic N) is 2. The summed E-state index contributed by atoms with van der Waals surface area (Å²) in [5.74, 6) is 0.641. The molecule has 0 fully saturated rings. The highest BCUT2D eigenvalue weighted by molar-refractivity contribution is 6.35. The van der Waals surface area contributed by atoms with Gasteiger partial charge in [0, 0.05) is 12.7 Å². The van der Waals surface area contributed by atoms with E-state index in [9.17, 15) is 4.79 Å². The number of carbonyl (C=O) groups excluding carboxylic acids is 1. The van der Waals surface area contributed by atoms with Crippen LogP contribution in [0.15, 0.2) is 91.0 Å². The first-order valence-corrected chi connectivity index (χ1v) is 11.1. The maximum absolute atomic E-state index is 13.8. The number of carbonyl (C=O) groups is 1. The Morgan fingerprint density at radius 2 is 1.52 bits per heavy atom. The van der Waals surface area contributed by atoms with Crippen molar-refractivity contribution in [3.8, 4) is 16.9 Å². The first-order chi connectivity index (χ1) is 16.1. The van der Waals surface area contributed by atoms with Gasteiger partial charge in [-0.05, 0) is 59.2 Å². The van der Waals surface area contributed by atoms with Gasteiger partial charge >= 0.3 is 0 Å². The summed E-state index contributed by atoms with van der Waals surface area (Å²) in [7, 11) is 3.67. The maximum Gasteiger partial charge on any atom is 0.260 e. The van der Waals surface area contributed by atoms with Crippen LogP contribution in [0.4, 0.5) is 17.1 Å². The molecule has 0 aliphatic carbocycles. The summed E-state index contributed by atoms with van der Waals surface area (Å²) < 4.78 is 5.33. The van der Waals surface area contributed by atoms with Gasteiger partial charge in [-0.3, -0.25) is 4.79 Å². The minimum absolute atomic E-state index is 0.130. The Bertz CT molecular complexity index is 1350. The number of benzene rings is 4. The standard InChI is InChI=1S/C28H23ClN2O2/c1-30-25-11-4-3-8-21(25)18-31(27-13-6-5-12-26(27)30)28(32)23-15-14-20(17-24(23)29)19-9-7-10-22(16-19)33-2/h3-17H,18H2,1-2H3. The average Bonchev–Trinajstić information content (AvgIpc) is 2.98. The number of fused-ring (bicyclic) bond motifs is 2. The number of hydrogen-bond donors (Lipinski definition) is 0. The highest BCUT2D eigenvalue weighted by Crippen LogP contribution is 2.40. The molecular formula is C28H23ClN2O2. The van der Waals surface area contributed by atoms with Crippen LogP contribution in [0.25, 0.3) is 11.1 Å². The molecule has 5 rings (SSSR count). The summed E-state index contributed by atoms with van der Waals surface area (Å²) in [4.78, 5) is 17.7. The van der Waals surface area contributed by atoms with E-state index < -0.39 is 0 Å². The number of amides is 1. The van der Waals surface area contributed by atoms with Gasteiger partial charge in [0.05, 0.1) is 35.6 Å². The number of anilines is 3. The molecule has 0 N–H and O–H groups in total. The van der Waals surface area contributed by atoms with Gasteiger partial charge in [0.1, 0.15) is 5.75 Å². The zero-order valence-corrected chi connectivity index (χ0v) is 19.2. The zero-order valence-electron chi connectivity index (χ0n) is 18.5. The Labute approximate surface area is 198 Å². The molecule has 164 valence electrons. The van der Waals surface area contributed by atoms with E-state index in [0.717, 1.165) is 39.5 Å². The van der Waals surface area contributed by atoms with Crippen molar-refractivity contribution in [1.29, 1.82) is 0 Å². The molecule has 0 spiro atoms. The third-order valence-corrected chi connectivity index (χ3v) is 6.38. The van der Waals surface area contributed by atoms with E-state index in [1.54, 1.807) is 7.11 Å². The molecule has 1 aliphatic heterocycles. The Kier molecular flexibility index (Phi) is 5.53. The topological polar surface area (TPSA) is 32.8 Å². The lowest BCUT2D eigenvalue weighted by molar-refractivity contribution is 0.0985. The largest absolute Gasteiger partial charge is 0.497 e. The lowest BCUT2D eigenvalue weighted by Crippen LogP contribution is -2.30. The van der Waals surface area contributed by atoms with Crippen LogP contribution in [-0.2, 0) is 6.54 Å². The molecule has 4 aromatic carbocycles. The smallest absolute Gasteiger partial charge is 0.260 e. The minimum Gasteiger partial charge on any atom is -0.497 e. The summed E-state index contributed by atoms with van der Waals surface area (Å²) in [5.41, 5.74) is 6.37. The summed E-state index contributed by atoms with van der Waals surface area (Å²) in [5, 5.41) is 0.420. The van der Waals surface area contributed by atoms with Crippen molar-refractivity contribution in [3.05, 3.63) is 107 Å². The van der Waals surface area contributed by atoms with Gasteiger partial charge in [0.2, 0.25) is 0 Å². The lowest BCUT2D eigenvalue weighted by atomic mass is 10.0. The van der Waals surface area contributed by atoms with Crippen LogP contribution in [0.5, 0.6) is 5.75 Å². The Balaban J connectivity index is 1.55. The number of hydrogen-bond acceptors (Lipinski definition) is 3. The number of halogens is 1. The van der Waals surface area contributed by atoms with E-state index in [-0.39, 0.29) is 5.91 Å². The van der Waals surface area contributed by atoms with Crippen LogP contribution in [0.1, 0.15) is 15.9 Å². The second kappa shape index (κ2) is 8.64. The molecule has 1 amide bonds. The molecule has 0 atom stereocenters. The molecule has 0 aromatic heterocycles. The number of ether oxygens (including phenoxy) is 1. The second-order valence-corrected chi connectivity index (χ2v) is 8.40. The molecule has 0 bridgehead atoms. The van der Waals surface area contributed by atoms with Crippen LogP contribution >= 0.6 is 11.6 Å². The molecule has 1 aliphatic rings. The van der Waals surface area contributed by atoms with E-state index in [0.29, 0.717) is 17.1 Å². The highest BCUT2D eigenvalue weighted by Gasteiger charge is 2.28. The fourth-order valence-electron chi connectivity index (χ4n) is 4.33. The molecule has 0 saturated heterocycles. The maximum atomic E-state index is 13.8. The van der Waals surface area contributed by atoms with E-state index in [1.165, 1.54) is 0 Å². The summed E-state index contributed by atoms with van der Waals surface area (Å²) in [6.07, 6.45) is 0. The monoisotopic (exact) mass is 454 g/mol. The number of para-hydroxylation sites is 3. The van der Waals surface area contributed by atoms with Crippen LogP contribution < -0.4 is 14.5 Å². The first kappa shape index (κ1) is 21.1. The van der Waals surface area contributed by atoms with Gasteiger partial charge in [0.15, 0.2) is 0 Å². The van der Waals surface area contributed by atoms with E-state index in [1.807, 2.05) is 90.8 Å². The summed E-state index contributed by atoms with van der Waals surface area (Å²) in [6.45, 7) is 0.463. The molecule has 1 heterocycles. The molecule has 4 nitrogen and oxygen atoms in total. The van der Waals surface area contributed by atoms with Gasteiger partial charge in [-0.25, -0.2) is 0 Å². The van der Waals surface area contributed by atoms with Crippen molar-refractivity contribution in [2.75, 3.05) is 24.0 Å². The molecular weight excluding hydrogens is 432 g/mol. The molecule has 4 aromatic rings. The molecule has 0 unspecified atom stereocenters. The Hall–Kier alpha value is -3.76. The molecule has 33 heavy (non-hydrogen) atoms. The van der Waals surface area contributed by atoms with E-state index in [4.69, 9.17) is 16.3 Å². The van der Waals surface area contributed by atoms with Crippen molar-refractivity contribution in [2.24, 2.45) is 0 Å². The lowest BCUT2D eigenvalue weighted by Gasteiger charge is -2.25. The minimum atomic E-state index is -0.130. The van der Waals surface area contributed by atoms with Crippen molar-refractivity contribution < 1.29 is 9.53 Å². The predicted molar refractivity (Wildman–Crippen MR) is 135 cm³/mol. The predicted octanol–water partition coefficient (Wildman–Crippen LogP) is 6.94. The van der Waals surface area contributed by atoms with Crippen LogP contribution in [0, 0.1) is 0 Å². The first-order valence-electron chi connectivity index (χ1n) is 10.7. The van der Waals surface area contributed by atoms with Gasteiger partial charge in [-0.2, -0.15) is 0 Å². The summed E-state index contributed by atoms with van der Waals surface area (Å²) in [6, 6.07) is 29.5. The fraction of sp³-hybridized carbons (Fsp3) is 0.107. The SMILES string of the molecule is COc1cccc(-c2ccc(C(=O)N3Cc4ccccc4N(C)c4ccccc43)c(Cl)c2)c1. The van der Waals surface area contributed by atoms with Gasteiger partial charge in [0.25, 0.3) is 5.91 Å². The Morgan fingerprint density at radius 1 is 0.818 bits per heavy atom. The molecule has 0 radical (unpaired) electrons. The molecule has 0 saturated carbocycles. The van der Waals surface area contributed by atoms with Crippen molar-refractivity contribution in [1.82, 2.24) is 0 Å². The van der Waals surface area contributed by atoms with E-state index >= 15 is 0 Å². The van der Waals surface area contributed by atoms with Crippen LogP contribution in [0.3, 0.4) is 0 Å². The third-order valence-electron chi connectivity index (χ3n) is 6.06. The van der Waals surface area contributed by atoms with Crippen molar-refractivity contribution in [3.63, 3.8) is 0 Å². The van der Waals surface area contributed by atoms with Crippen molar-refractivity contribution >= 4 is 34.6 Å². The van der Waals surface area contributed by atoms with Gasteiger partial charge in [-0.15, -0.1) is 0 Å².